The maximum absolute atomic E-state index is 16.1. The fourth-order valence-corrected chi connectivity index (χ4v) is 19.3. The van der Waals surface area contributed by atoms with Gasteiger partial charge >= 0.3 is 39.2 Å². The van der Waals surface area contributed by atoms with Crippen LogP contribution in [0.3, 0.4) is 0 Å². The van der Waals surface area contributed by atoms with E-state index in [9.17, 15) is 27.6 Å². The van der Waals surface area contributed by atoms with Gasteiger partial charge in [-0.05, 0) is 184 Å². The molecule has 1 aliphatic heterocycles. The second-order valence-corrected chi connectivity index (χ2v) is 25.8. The van der Waals surface area contributed by atoms with Gasteiger partial charge in [0.1, 0.15) is 17.0 Å². The number of benzene rings is 3. The number of hydrogen-bond donors (Lipinski definition) is 0. The maximum atomic E-state index is 16.1. The number of ether oxygens (including phenoxy) is 5. The zero-order chi connectivity index (χ0) is 48.8. The Morgan fingerprint density at radius 2 is 1.20 bits per heavy atom. The highest BCUT2D eigenvalue weighted by Crippen LogP contribution is 2.78. The Labute approximate surface area is 403 Å². The molecule has 0 radical (unpaired) electrons. The molecule has 3 aromatic rings. The van der Waals surface area contributed by atoms with E-state index in [1.54, 1.807) is 48.5 Å². The molecule has 69 heavy (non-hydrogen) atoms. The van der Waals surface area contributed by atoms with Crippen molar-refractivity contribution in [3.05, 3.63) is 84.4 Å². The van der Waals surface area contributed by atoms with Gasteiger partial charge in [0.2, 0.25) is 0 Å². The summed E-state index contributed by atoms with van der Waals surface area (Å²) in [5, 5.41) is -4.74. The average Bonchev–Trinajstić information content (AvgIpc) is 3.59. The Bertz CT molecular complexity index is 2610. The van der Waals surface area contributed by atoms with Crippen molar-refractivity contribution in [1.29, 1.82) is 0 Å². The summed E-state index contributed by atoms with van der Waals surface area (Å²) in [4.78, 5) is 55.8. The number of hydrogen-bond acceptors (Lipinski definition) is 12. The molecule has 8 bridgehead atoms. The van der Waals surface area contributed by atoms with Crippen LogP contribution >= 0.6 is 10.3 Å². The van der Waals surface area contributed by atoms with E-state index in [0.29, 0.717) is 34.8 Å². The van der Waals surface area contributed by atoms with E-state index in [4.69, 9.17) is 22.6 Å². The Morgan fingerprint density at radius 1 is 0.725 bits per heavy atom. The molecule has 8 saturated carbocycles. The van der Waals surface area contributed by atoms with Gasteiger partial charge < -0.3 is 23.7 Å². The van der Waals surface area contributed by atoms with E-state index < -0.39 is 86.3 Å². The molecule has 0 aromatic heterocycles. The molecule has 12 rings (SSSR count). The van der Waals surface area contributed by atoms with Gasteiger partial charge in [0.25, 0.3) is 0 Å². The van der Waals surface area contributed by atoms with Crippen molar-refractivity contribution >= 4 is 44.3 Å². The Hall–Kier alpha value is -4.80. The van der Waals surface area contributed by atoms with Crippen LogP contribution in [0.4, 0.5) is 8.78 Å². The number of fused-ring (bicyclic) bond motifs is 3. The van der Waals surface area contributed by atoms with Gasteiger partial charge in [-0.2, -0.15) is 17.2 Å². The van der Waals surface area contributed by atoms with Crippen LogP contribution in [0, 0.1) is 47.3 Å². The SMILES string of the molecule is C=C(C)C(=O)OCC(F)(F)S(=O)(=O)OS1(c2ccc(OC)c(C(CC(=O)OC3(C)C4CC5CC(C4)CC3C5)C(=O)OCC(=O)OC3(C)C4CC5CC(C4)CC3C5)c2)c2ccccc2-c2ccccc21. The molecule has 16 heteroatoms. The van der Waals surface area contributed by atoms with Crippen molar-refractivity contribution in [2.24, 2.45) is 47.3 Å². The fraction of sp³-hybridized carbons (Fsp3) is 0.547. The number of rotatable bonds is 16. The lowest BCUT2D eigenvalue weighted by atomic mass is 9.50. The van der Waals surface area contributed by atoms with E-state index in [2.05, 4.69) is 11.3 Å². The molecule has 0 amide bonds. The predicted molar refractivity (Wildman–Crippen MR) is 249 cm³/mol. The van der Waals surface area contributed by atoms with Gasteiger partial charge in [0.05, 0.1) is 19.4 Å². The van der Waals surface area contributed by atoms with E-state index in [0.717, 1.165) is 51.4 Å². The maximum Gasteiger partial charge on any atom is 0.403 e. The van der Waals surface area contributed by atoms with Crippen molar-refractivity contribution in [2.45, 2.75) is 128 Å². The van der Waals surface area contributed by atoms with Crippen LogP contribution in [0.2, 0.25) is 0 Å². The third-order valence-electron chi connectivity index (χ3n) is 17.0. The van der Waals surface area contributed by atoms with Crippen molar-refractivity contribution < 1.29 is 63.7 Å². The van der Waals surface area contributed by atoms with E-state index in [1.807, 2.05) is 13.8 Å². The molecule has 8 aliphatic carbocycles. The number of carbonyl (C=O) groups is 4. The van der Waals surface area contributed by atoms with Crippen LogP contribution in [0.25, 0.3) is 11.1 Å². The van der Waals surface area contributed by atoms with Crippen molar-refractivity contribution in [1.82, 2.24) is 0 Å². The van der Waals surface area contributed by atoms with Gasteiger partial charge in [0.15, 0.2) is 13.2 Å². The minimum Gasteiger partial charge on any atom is -0.496 e. The highest BCUT2D eigenvalue weighted by atomic mass is 32.3. The minimum atomic E-state index is -5.97. The lowest BCUT2D eigenvalue weighted by molar-refractivity contribution is -0.207. The summed E-state index contributed by atoms with van der Waals surface area (Å²) in [5.74, 6) is -1.79. The number of carbonyl (C=O) groups excluding carboxylic acids is 4. The van der Waals surface area contributed by atoms with Crippen molar-refractivity contribution in [3.8, 4) is 16.9 Å². The zero-order valence-corrected chi connectivity index (χ0v) is 41.1. The average molecular weight is 991 g/mol. The topological polar surface area (TPSA) is 158 Å². The van der Waals surface area contributed by atoms with Crippen LogP contribution in [0.15, 0.2) is 93.6 Å². The summed E-state index contributed by atoms with van der Waals surface area (Å²) in [5.41, 5.74) is -0.593. The highest BCUT2D eigenvalue weighted by Gasteiger charge is 2.59. The summed E-state index contributed by atoms with van der Waals surface area (Å²) in [6.45, 7) is 6.02. The first-order valence-corrected chi connectivity index (χ1v) is 27.2. The zero-order valence-electron chi connectivity index (χ0n) is 39.4. The van der Waals surface area contributed by atoms with Crippen LogP contribution < -0.4 is 4.74 Å². The predicted octanol–water partition coefficient (Wildman–Crippen LogP) is 10.5. The molecule has 1 heterocycles. The summed E-state index contributed by atoms with van der Waals surface area (Å²) in [6, 6.07) is 17.7. The second kappa shape index (κ2) is 17.5. The molecule has 0 saturated heterocycles. The molecule has 3 aromatic carbocycles. The molecule has 9 aliphatic rings. The number of methoxy groups -OCH3 is 1. The van der Waals surface area contributed by atoms with E-state index in [1.165, 1.54) is 45.1 Å². The summed E-state index contributed by atoms with van der Waals surface area (Å²) in [7, 11) is -8.33. The van der Waals surface area contributed by atoms with Gasteiger partial charge in [-0.1, -0.05) is 43.0 Å². The molecule has 8 fully saturated rings. The number of alkyl halides is 2. The first-order valence-electron chi connectivity index (χ1n) is 24.2. The first-order chi connectivity index (χ1) is 32.7. The number of halogens is 2. The van der Waals surface area contributed by atoms with Crippen LogP contribution in [-0.4, -0.2) is 69.1 Å². The van der Waals surface area contributed by atoms with Crippen LogP contribution in [0.1, 0.15) is 103 Å². The molecule has 370 valence electrons. The summed E-state index contributed by atoms with van der Waals surface area (Å²) < 4.78 is 95.4. The molecular weight excluding hydrogens is 931 g/mol. The minimum absolute atomic E-state index is 0.0467. The largest absolute Gasteiger partial charge is 0.496 e. The van der Waals surface area contributed by atoms with E-state index >= 15 is 8.78 Å². The van der Waals surface area contributed by atoms with E-state index in [-0.39, 0.29) is 55.2 Å². The Morgan fingerprint density at radius 3 is 1.68 bits per heavy atom. The van der Waals surface area contributed by atoms with Crippen molar-refractivity contribution in [3.63, 3.8) is 0 Å². The van der Waals surface area contributed by atoms with Gasteiger partial charge in [-0.15, -0.1) is 0 Å². The normalized spacial score (nSPS) is 31.7. The highest BCUT2D eigenvalue weighted by molar-refractivity contribution is 8.33. The number of esters is 4. The van der Waals surface area contributed by atoms with Crippen LogP contribution in [-0.2, 0) is 51.9 Å². The summed E-state index contributed by atoms with van der Waals surface area (Å²) >= 11 is 0. The van der Waals surface area contributed by atoms with Gasteiger partial charge in [-0.3, -0.25) is 9.59 Å². The first kappa shape index (κ1) is 47.9. The standard InChI is InChI=1S/C53H60F2O12S2/c1-30(2)49(58)64-29-53(54,55)69(60,61)67-68(45-12-8-6-10-40(45)41-11-7-9-13-46(41)68)39-14-15-44(62-5)42(26-39)43(27-47(56)65-51(3)35-18-31-16-32(20-35)21-36(51)19-31)50(59)63-28-48(57)66-52(4)37-22-33-17-34(24-37)25-38(52)23-33/h6-15,26,31-38,43H,1,16-25,27-29H2,2-5H3. The fourth-order valence-electron chi connectivity index (χ4n) is 13.9. The molecule has 1 unspecified atom stereocenters. The lowest BCUT2D eigenvalue weighted by Crippen LogP contribution is -2.58. The third kappa shape index (κ3) is 8.17. The Balaban J connectivity index is 1.02. The summed E-state index contributed by atoms with van der Waals surface area (Å²) in [6.07, 6.45) is 9.61. The van der Waals surface area contributed by atoms with Gasteiger partial charge in [-0.25, -0.2) is 13.2 Å². The monoisotopic (exact) mass is 990 g/mol. The Kier molecular flexibility index (Phi) is 12.1. The van der Waals surface area contributed by atoms with Gasteiger partial charge in [0, 0.05) is 25.8 Å². The lowest BCUT2D eigenvalue weighted by Gasteiger charge is -2.59. The molecular formula is C53H60F2O12S2. The molecule has 12 nitrogen and oxygen atoms in total. The molecule has 0 N–H and O–H groups in total. The van der Waals surface area contributed by atoms with Crippen molar-refractivity contribution in [2.75, 3.05) is 20.3 Å². The van der Waals surface area contributed by atoms with Crippen LogP contribution in [0.5, 0.6) is 5.75 Å². The quantitative estimate of drug-likeness (QED) is 0.0761. The second-order valence-electron chi connectivity index (χ2n) is 21.3. The third-order valence-corrected chi connectivity index (χ3v) is 22.3. The molecule has 1 atom stereocenters. The smallest absolute Gasteiger partial charge is 0.403 e. The molecule has 0 spiro atoms.